The molecule has 0 aliphatic heterocycles. The molecule has 0 aromatic carbocycles. The van der Waals surface area contributed by atoms with E-state index >= 15 is 0 Å². The van der Waals surface area contributed by atoms with Crippen LogP contribution in [-0.4, -0.2) is 33.0 Å². The van der Waals surface area contributed by atoms with Crippen molar-refractivity contribution >= 4 is 0 Å². The molecule has 1 aliphatic carbocycles. The van der Waals surface area contributed by atoms with Gasteiger partial charge in [0.15, 0.2) is 0 Å². The van der Waals surface area contributed by atoms with Crippen LogP contribution >= 0.6 is 0 Å². The molecular formula is C15H28N4O. The molecule has 1 aromatic heterocycles. The van der Waals surface area contributed by atoms with E-state index in [4.69, 9.17) is 10.5 Å². The van der Waals surface area contributed by atoms with Gasteiger partial charge in [-0.2, -0.15) is 5.10 Å². The minimum Gasteiger partial charge on any atom is -0.374 e. The Morgan fingerprint density at radius 3 is 2.65 bits per heavy atom. The SMILES string of the molecule is CCOC1(C(N)Cc2ncnn2C(C)C)CCCCC1. The summed E-state index contributed by atoms with van der Waals surface area (Å²) >= 11 is 0. The molecule has 2 rings (SSSR count). The second kappa shape index (κ2) is 6.68. The molecule has 0 bridgehead atoms. The topological polar surface area (TPSA) is 66.0 Å². The summed E-state index contributed by atoms with van der Waals surface area (Å²) < 4.78 is 8.06. The number of nitrogens with zero attached hydrogens (tertiary/aromatic N) is 3. The normalized spacial score (nSPS) is 20.2. The number of hydrogen-bond donors (Lipinski definition) is 1. The van der Waals surface area contributed by atoms with Crippen LogP contribution in [0, 0.1) is 0 Å². The molecule has 0 saturated heterocycles. The van der Waals surface area contributed by atoms with Gasteiger partial charge in [0.1, 0.15) is 12.2 Å². The Morgan fingerprint density at radius 2 is 2.05 bits per heavy atom. The van der Waals surface area contributed by atoms with Gasteiger partial charge in [0.05, 0.1) is 5.60 Å². The van der Waals surface area contributed by atoms with E-state index in [1.165, 1.54) is 19.3 Å². The van der Waals surface area contributed by atoms with Gasteiger partial charge in [0, 0.05) is 25.1 Å². The summed E-state index contributed by atoms with van der Waals surface area (Å²) in [4.78, 5) is 4.38. The van der Waals surface area contributed by atoms with Crippen molar-refractivity contribution in [3.05, 3.63) is 12.2 Å². The summed E-state index contributed by atoms with van der Waals surface area (Å²) in [5.74, 6) is 0.970. The van der Waals surface area contributed by atoms with Crippen LogP contribution in [0.3, 0.4) is 0 Å². The number of hydrogen-bond acceptors (Lipinski definition) is 4. The number of nitrogens with two attached hydrogens (primary N) is 1. The highest BCUT2D eigenvalue weighted by Gasteiger charge is 2.39. The predicted octanol–water partition coefficient (Wildman–Crippen LogP) is 2.47. The number of rotatable bonds is 6. The second-order valence-electron chi connectivity index (χ2n) is 6.08. The average Bonchev–Trinajstić information content (AvgIpc) is 2.88. The molecule has 114 valence electrons. The Labute approximate surface area is 121 Å². The van der Waals surface area contributed by atoms with Crippen LogP contribution in [0.4, 0.5) is 0 Å². The van der Waals surface area contributed by atoms with Crippen molar-refractivity contribution < 1.29 is 4.74 Å². The maximum Gasteiger partial charge on any atom is 0.138 e. The Balaban J connectivity index is 2.11. The Kier molecular flexibility index (Phi) is 5.16. The van der Waals surface area contributed by atoms with E-state index in [-0.39, 0.29) is 11.6 Å². The van der Waals surface area contributed by atoms with Crippen molar-refractivity contribution in [1.29, 1.82) is 0 Å². The van der Waals surface area contributed by atoms with E-state index in [9.17, 15) is 0 Å². The lowest BCUT2D eigenvalue weighted by atomic mass is 9.78. The molecule has 1 fully saturated rings. The first-order valence-electron chi connectivity index (χ1n) is 7.87. The largest absolute Gasteiger partial charge is 0.374 e. The van der Waals surface area contributed by atoms with Crippen molar-refractivity contribution in [3.8, 4) is 0 Å². The van der Waals surface area contributed by atoms with Crippen LogP contribution in [0.25, 0.3) is 0 Å². The van der Waals surface area contributed by atoms with Gasteiger partial charge in [-0.25, -0.2) is 9.67 Å². The highest BCUT2D eigenvalue weighted by Crippen LogP contribution is 2.35. The van der Waals surface area contributed by atoms with Crippen molar-refractivity contribution in [2.75, 3.05) is 6.61 Å². The highest BCUT2D eigenvalue weighted by atomic mass is 16.5. The van der Waals surface area contributed by atoms with E-state index in [1.807, 2.05) is 4.68 Å². The molecule has 0 amide bonds. The molecule has 5 nitrogen and oxygen atoms in total. The molecular weight excluding hydrogens is 252 g/mol. The van der Waals surface area contributed by atoms with Gasteiger partial charge in [-0.3, -0.25) is 0 Å². The van der Waals surface area contributed by atoms with Crippen LogP contribution < -0.4 is 5.73 Å². The number of aromatic nitrogens is 3. The summed E-state index contributed by atoms with van der Waals surface area (Å²) in [6.45, 7) is 7.01. The number of ether oxygens (including phenoxy) is 1. The Morgan fingerprint density at radius 1 is 1.35 bits per heavy atom. The predicted molar refractivity (Wildman–Crippen MR) is 79.5 cm³/mol. The molecule has 0 spiro atoms. The van der Waals surface area contributed by atoms with Crippen LogP contribution in [-0.2, 0) is 11.2 Å². The zero-order chi connectivity index (χ0) is 14.6. The van der Waals surface area contributed by atoms with Crippen LogP contribution in [0.5, 0.6) is 0 Å². The first-order chi connectivity index (χ1) is 9.59. The maximum atomic E-state index is 6.52. The van der Waals surface area contributed by atoms with Gasteiger partial charge in [-0.05, 0) is 33.6 Å². The van der Waals surface area contributed by atoms with Gasteiger partial charge >= 0.3 is 0 Å². The quantitative estimate of drug-likeness (QED) is 0.869. The smallest absolute Gasteiger partial charge is 0.138 e. The van der Waals surface area contributed by atoms with Crippen molar-refractivity contribution in [2.45, 2.75) is 77.0 Å². The average molecular weight is 280 g/mol. The third-order valence-corrected chi connectivity index (χ3v) is 4.35. The summed E-state index contributed by atoms with van der Waals surface area (Å²) in [5.41, 5.74) is 6.36. The molecule has 1 saturated carbocycles. The van der Waals surface area contributed by atoms with Crippen molar-refractivity contribution in [2.24, 2.45) is 5.73 Å². The first-order valence-corrected chi connectivity index (χ1v) is 7.87. The fourth-order valence-corrected chi connectivity index (χ4v) is 3.29. The van der Waals surface area contributed by atoms with E-state index in [1.54, 1.807) is 6.33 Å². The van der Waals surface area contributed by atoms with Crippen molar-refractivity contribution in [1.82, 2.24) is 14.8 Å². The molecule has 2 N–H and O–H groups in total. The monoisotopic (exact) mass is 280 g/mol. The fraction of sp³-hybridized carbons (Fsp3) is 0.867. The van der Waals surface area contributed by atoms with Gasteiger partial charge in [0.25, 0.3) is 0 Å². The lowest BCUT2D eigenvalue weighted by Crippen LogP contribution is -2.52. The lowest BCUT2D eigenvalue weighted by Gasteiger charge is -2.41. The zero-order valence-electron chi connectivity index (χ0n) is 13.0. The van der Waals surface area contributed by atoms with Gasteiger partial charge in [0.2, 0.25) is 0 Å². The molecule has 1 heterocycles. The molecule has 0 radical (unpaired) electrons. The molecule has 1 unspecified atom stereocenters. The fourth-order valence-electron chi connectivity index (χ4n) is 3.29. The van der Waals surface area contributed by atoms with Crippen LogP contribution in [0.1, 0.15) is 64.7 Å². The Hall–Kier alpha value is -0.940. The second-order valence-corrected chi connectivity index (χ2v) is 6.08. The Bertz CT molecular complexity index is 404. The first kappa shape index (κ1) is 15.4. The lowest BCUT2D eigenvalue weighted by molar-refractivity contribution is -0.0822. The minimum atomic E-state index is -0.166. The molecule has 1 atom stereocenters. The molecule has 5 heteroatoms. The van der Waals surface area contributed by atoms with E-state index < -0.39 is 0 Å². The van der Waals surface area contributed by atoms with E-state index in [2.05, 4.69) is 30.9 Å². The maximum absolute atomic E-state index is 6.52. The molecule has 20 heavy (non-hydrogen) atoms. The van der Waals surface area contributed by atoms with Crippen LogP contribution in [0.2, 0.25) is 0 Å². The minimum absolute atomic E-state index is 0.00977. The highest BCUT2D eigenvalue weighted by molar-refractivity contribution is 5.00. The van der Waals surface area contributed by atoms with Gasteiger partial charge < -0.3 is 10.5 Å². The summed E-state index contributed by atoms with van der Waals surface area (Å²) in [6.07, 6.45) is 8.21. The van der Waals surface area contributed by atoms with Crippen molar-refractivity contribution in [3.63, 3.8) is 0 Å². The standard InChI is InChI=1S/C15H28N4O/c1-4-20-15(8-6-5-7-9-15)13(16)10-14-17-11-18-19(14)12(2)3/h11-13H,4-10,16H2,1-3H3. The molecule has 1 aromatic rings. The summed E-state index contributed by atoms with van der Waals surface area (Å²) in [7, 11) is 0. The van der Waals surface area contributed by atoms with Gasteiger partial charge in [-0.15, -0.1) is 0 Å². The third-order valence-electron chi connectivity index (χ3n) is 4.35. The van der Waals surface area contributed by atoms with E-state index in [0.29, 0.717) is 6.04 Å². The zero-order valence-corrected chi connectivity index (χ0v) is 13.0. The summed E-state index contributed by atoms with van der Waals surface area (Å²) in [6, 6.07) is 0.304. The van der Waals surface area contributed by atoms with E-state index in [0.717, 1.165) is 31.7 Å². The van der Waals surface area contributed by atoms with Gasteiger partial charge in [-0.1, -0.05) is 19.3 Å². The van der Waals surface area contributed by atoms with Crippen LogP contribution in [0.15, 0.2) is 6.33 Å². The third kappa shape index (κ3) is 3.20. The summed E-state index contributed by atoms with van der Waals surface area (Å²) in [5, 5.41) is 4.29. The molecule has 1 aliphatic rings.